The summed E-state index contributed by atoms with van der Waals surface area (Å²) < 4.78 is 2.97. The molecule has 0 saturated carbocycles. The first-order valence-electron chi connectivity index (χ1n) is 11.3. The number of Topliss-reactive ketones (excluding diaryl/α,β-unsaturated/α-hetero) is 1. The summed E-state index contributed by atoms with van der Waals surface area (Å²) in [4.78, 5) is 20.2. The molecule has 3 heterocycles. The van der Waals surface area contributed by atoms with Gasteiger partial charge in [-0.25, -0.2) is 0 Å². The lowest BCUT2D eigenvalue weighted by atomic mass is 9.68. The van der Waals surface area contributed by atoms with Crippen LogP contribution in [0.25, 0.3) is 5.82 Å². The second-order valence-corrected chi connectivity index (χ2v) is 10.6. The zero-order valence-electron chi connectivity index (χ0n) is 19.4. The van der Waals surface area contributed by atoms with Crippen molar-refractivity contribution in [3.05, 3.63) is 99.7 Å². The number of hydrogen-bond donors (Lipinski definition) is 0. The quantitative estimate of drug-likeness (QED) is 0.396. The highest BCUT2D eigenvalue weighted by molar-refractivity contribution is 9.10. The summed E-state index contributed by atoms with van der Waals surface area (Å²) in [5, 5.41) is 10.5. The summed E-state index contributed by atoms with van der Waals surface area (Å²) in [6.07, 6.45) is 8.57. The summed E-state index contributed by atoms with van der Waals surface area (Å²) in [5.74, 6) is 0.400. The van der Waals surface area contributed by atoms with Crippen molar-refractivity contribution in [3.8, 4) is 6.07 Å². The number of rotatable bonds is 3. The van der Waals surface area contributed by atoms with Crippen LogP contribution in [0.4, 0.5) is 5.69 Å². The predicted octanol–water partition coefficient (Wildman–Crippen LogP) is 6.59. The monoisotopic (exact) mass is 512 g/mol. The van der Waals surface area contributed by atoms with Crippen LogP contribution in [0.2, 0.25) is 0 Å². The molecule has 1 atom stereocenters. The maximum atomic E-state index is 13.7. The molecule has 0 radical (unpaired) electrons. The van der Waals surface area contributed by atoms with Crippen LogP contribution in [0.15, 0.2) is 88.6 Å². The van der Waals surface area contributed by atoms with Crippen molar-refractivity contribution < 1.29 is 4.79 Å². The minimum Gasteiger partial charge on any atom is -0.309 e. The Kier molecular flexibility index (Phi) is 5.53. The summed E-state index contributed by atoms with van der Waals surface area (Å²) in [6, 6.07) is 16.3. The second kappa shape index (κ2) is 8.41. The van der Waals surface area contributed by atoms with Crippen molar-refractivity contribution in [1.82, 2.24) is 9.55 Å². The van der Waals surface area contributed by atoms with Gasteiger partial charge in [-0.2, -0.15) is 5.26 Å². The van der Waals surface area contributed by atoms with Gasteiger partial charge in [-0.15, -0.1) is 0 Å². The van der Waals surface area contributed by atoms with Crippen molar-refractivity contribution in [2.24, 2.45) is 5.41 Å². The number of nitrogens with zero attached hydrogens (tertiary/aromatic N) is 4. The number of allylic oxidation sites excluding steroid dienone is 3. The lowest BCUT2D eigenvalue weighted by Crippen LogP contribution is -2.40. The zero-order valence-corrected chi connectivity index (χ0v) is 21.0. The van der Waals surface area contributed by atoms with Crippen LogP contribution in [-0.2, 0) is 4.79 Å². The lowest BCUT2D eigenvalue weighted by Gasteiger charge is -2.45. The maximum absolute atomic E-state index is 13.7. The average Bonchev–Trinajstić information content (AvgIpc) is 3.32. The third-order valence-corrected chi connectivity index (χ3v) is 7.08. The normalized spacial score (nSPS) is 19.8. The molecule has 5 nitrogen and oxygen atoms in total. The van der Waals surface area contributed by atoms with Gasteiger partial charge in [-0.05, 0) is 66.3 Å². The van der Waals surface area contributed by atoms with E-state index in [1.54, 1.807) is 12.4 Å². The molecular formula is C28H25BrN4O. The Morgan fingerprint density at radius 1 is 1.15 bits per heavy atom. The summed E-state index contributed by atoms with van der Waals surface area (Å²) in [6.45, 7) is 6.33. The predicted molar refractivity (Wildman–Crippen MR) is 137 cm³/mol. The first-order valence-corrected chi connectivity index (χ1v) is 12.1. The maximum Gasteiger partial charge on any atom is 0.162 e. The van der Waals surface area contributed by atoms with Crippen molar-refractivity contribution >= 4 is 33.2 Å². The minimum absolute atomic E-state index is 0.0965. The van der Waals surface area contributed by atoms with Crippen LogP contribution in [0.1, 0.15) is 43.7 Å². The molecule has 2 aromatic heterocycles. The molecule has 6 heteroatoms. The van der Waals surface area contributed by atoms with Crippen LogP contribution < -0.4 is 4.90 Å². The molecule has 3 aromatic rings. The van der Waals surface area contributed by atoms with Crippen LogP contribution >= 0.6 is 15.9 Å². The number of halogens is 1. The van der Waals surface area contributed by atoms with Crippen LogP contribution in [0, 0.1) is 23.7 Å². The number of hydrogen-bond acceptors (Lipinski definition) is 4. The van der Waals surface area contributed by atoms with Gasteiger partial charge in [0.05, 0.1) is 23.2 Å². The fourth-order valence-corrected chi connectivity index (χ4v) is 5.68. The van der Waals surface area contributed by atoms with Crippen molar-refractivity contribution in [2.45, 2.75) is 39.5 Å². The van der Waals surface area contributed by atoms with Crippen LogP contribution in [0.5, 0.6) is 0 Å². The molecule has 170 valence electrons. The number of pyridine rings is 1. The lowest BCUT2D eigenvalue weighted by molar-refractivity contribution is -0.118. The van der Waals surface area contributed by atoms with E-state index in [1.807, 2.05) is 47.3 Å². The number of aryl methyl sites for hydroxylation is 1. The largest absolute Gasteiger partial charge is 0.309 e. The van der Waals surface area contributed by atoms with E-state index >= 15 is 0 Å². The number of benzene rings is 1. The van der Waals surface area contributed by atoms with Gasteiger partial charge in [-0.3, -0.25) is 14.7 Å². The molecule has 0 saturated heterocycles. The van der Waals surface area contributed by atoms with E-state index in [9.17, 15) is 10.1 Å². The number of nitriles is 1. The Balaban J connectivity index is 1.88. The molecule has 0 bridgehead atoms. The van der Waals surface area contributed by atoms with Gasteiger partial charge in [0.25, 0.3) is 0 Å². The van der Waals surface area contributed by atoms with Crippen LogP contribution in [0.3, 0.4) is 0 Å². The second-order valence-electron chi connectivity index (χ2n) is 9.73. The molecule has 0 amide bonds. The Morgan fingerprint density at radius 2 is 1.91 bits per heavy atom. The third kappa shape index (κ3) is 3.70. The van der Waals surface area contributed by atoms with Crippen molar-refractivity contribution in [1.29, 1.82) is 5.26 Å². The number of carbonyl (C=O) groups excluding carboxylic acids is 1. The van der Waals surface area contributed by atoms with Gasteiger partial charge in [0, 0.05) is 47.0 Å². The third-order valence-electron chi connectivity index (χ3n) is 6.58. The molecule has 1 aromatic carbocycles. The van der Waals surface area contributed by atoms with Crippen molar-refractivity contribution in [3.63, 3.8) is 0 Å². The highest BCUT2D eigenvalue weighted by atomic mass is 79.9. The molecule has 0 unspecified atom stereocenters. The number of ketones is 1. The fraction of sp³-hybridized carbons (Fsp3) is 0.250. The van der Waals surface area contributed by atoms with Gasteiger partial charge in [0.15, 0.2) is 5.78 Å². The molecule has 0 fully saturated rings. The Bertz CT molecular complexity index is 1380. The van der Waals surface area contributed by atoms with E-state index in [-0.39, 0.29) is 11.2 Å². The molecule has 0 spiro atoms. The molecule has 34 heavy (non-hydrogen) atoms. The van der Waals surface area contributed by atoms with E-state index in [4.69, 9.17) is 0 Å². The first kappa shape index (κ1) is 22.4. The van der Waals surface area contributed by atoms with Gasteiger partial charge >= 0.3 is 0 Å². The number of anilines is 1. The van der Waals surface area contributed by atoms with Crippen molar-refractivity contribution in [2.75, 3.05) is 4.90 Å². The van der Waals surface area contributed by atoms with Gasteiger partial charge in [-0.1, -0.05) is 35.8 Å². The van der Waals surface area contributed by atoms with E-state index < -0.39 is 5.92 Å². The van der Waals surface area contributed by atoms with E-state index in [1.165, 1.54) is 0 Å². The smallest absolute Gasteiger partial charge is 0.162 e. The highest BCUT2D eigenvalue weighted by Gasteiger charge is 2.45. The summed E-state index contributed by atoms with van der Waals surface area (Å²) >= 11 is 3.58. The number of carbonyl (C=O) groups is 1. The van der Waals surface area contributed by atoms with E-state index in [0.717, 1.165) is 39.2 Å². The molecule has 5 rings (SSSR count). The molecule has 0 N–H and O–H groups in total. The highest BCUT2D eigenvalue weighted by Crippen LogP contribution is 2.52. The average molecular weight is 513 g/mol. The van der Waals surface area contributed by atoms with Gasteiger partial charge in [0.1, 0.15) is 5.82 Å². The Labute approximate surface area is 208 Å². The molecule has 2 aliphatic rings. The van der Waals surface area contributed by atoms with Gasteiger partial charge in [0.2, 0.25) is 0 Å². The molecule has 1 aliphatic heterocycles. The zero-order chi connectivity index (χ0) is 24.0. The topological polar surface area (TPSA) is 61.9 Å². The Morgan fingerprint density at radius 3 is 2.56 bits per heavy atom. The summed E-state index contributed by atoms with van der Waals surface area (Å²) in [7, 11) is 0. The van der Waals surface area contributed by atoms with E-state index in [2.05, 4.69) is 64.8 Å². The number of aromatic nitrogens is 2. The Hall–Kier alpha value is -3.43. The fourth-order valence-electron chi connectivity index (χ4n) is 5.20. The van der Waals surface area contributed by atoms with E-state index in [0.29, 0.717) is 17.6 Å². The standard InChI is InChI=1S/C28H25BrN4O/c1-18-13-20(29)8-9-22(18)33-23-14-28(2,3)15-24(34)26(23)25(19-7-6-10-31-17-19)21(16-30)27(33)32-11-4-5-12-32/h4-13,17,25H,14-15H2,1-3H3/t25-/m0/s1. The van der Waals surface area contributed by atoms with Crippen LogP contribution in [-0.4, -0.2) is 15.3 Å². The SMILES string of the molecule is Cc1cc(Br)ccc1N1C2=C(C(=O)CC(C)(C)C2)[C@@H](c2cccnc2)C(C#N)=C1n1cccc1. The van der Waals surface area contributed by atoms with Gasteiger partial charge < -0.3 is 4.57 Å². The summed E-state index contributed by atoms with van der Waals surface area (Å²) in [5.41, 5.74) is 4.89. The first-order chi connectivity index (χ1) is 16.3. The minimum atomic E-state index is -0.457. The molecule has 1 aliphatic carbocycles. The molecular weight excluding hydrogens is 488 g/mol.